The predicted octanol–water partition coefficient (Wildman–Crippen LogP) is 2.06. The summed E-state index contributed by atoms with van der Waals surface area (Å²) in [5.74, 6) is -1.30. The third-order valence-electron chi connectivity index (χ3n) is 2.58. The van der Waals surface area contributed by atoms with Gasteiger partial charge >= 0.3 is 6.18 Å². The molecular formula is C11H9F4NO2. The topological polar surface area (TPSA) is 29.5 Å². The van der Waals surface area contributed by atoms with Crippen molar-refractivity contribution in [3.8, 4) is 5.75 Å². The molecule has 2 rings (SSSR count). The van der Waals surface area contributed by atoms with Gasteiger partial charge in [-0.25, -0.2) is 4.39 Å². The largest absolute Gasteiger partial charge is 0.484 e. The molecule has 0 aliphatic carbocycles. The highest BCUT2D eigenvalue weighted by Gasteiger charge is 2.32. The lowest BCUT2D eigenvalue weighted by Gasteiger charge is -2.36. The van der Waals surface area contributed by atoms with Crippen molar-refractivity contribution in [1.82, 2.24) is 4.90 Å². The van der Waals surface area contributed by atoms with Crippen LogP contribution in [0.4, 0.5) is 17.6 Å². The lowest BCUT2D eigenvalue weighted by molar-refractivity contribution is -0.137. The Kier molecular flexibility index (Phi) is 3.14. The van der Waals surface area contributed by atoms with Gasteiger partial charge in [-0.3, -0.25) is 4.79 Å². The van der Waals surface area contributed by atoms with Gasteiger partial charge < -0.3 is 9.64 Å². The summed E-state index contributed by atoms with van der Waals surface area (Å²) < 4.78 is 55.4. The van der Waals surface area contributed by atoms with Crippen LogP contribution in [0.25, 0.3) is 0 Å². The molecule has 98 valence electrons. The Labute approximate surface area is 99.9 Å². The number of amides is 1. The number of rotatable bonds is 3. The van der Waals surface area contributed by atoms with E-state index in [0.29, 0.717) is 25.6 Å². The van der Waals surface area contributed by atoms with Crippen LogP contribution in [0, 0.1) is 5.82 Å². The highest BCUT2D eigenvalue weighted by atomic mass is 19.4. The Hall–Kier alpha value is -1.79. The second kappa shape index (κ2) is 4.47. The smallest absolute Gasteiger partial charge is 0.416 e. The minimum absolute atomic E-state index is 0.237. The SMILES string of the molecule is O=CN1CC(Oc2ccc(C(F)(F)F)cc2F)C1. The Morgan fingerprint density at radius 2 is 2.00 bits per heavy atom. The average molecular weight is 263 g/mol. The van der Waals surface area contributed by atoms with E-state index < -0.39 is 17.6 Å². The maximum atomic E-state index is 13.4. The summed E-state index contributed by atoms with van der Waals surface area (Å²) in [6.45, 7) is 0.619. The summed E-state index contributed by atoms with van der Waals surface area (Å²) in [7, 11) is 0. The van der Waals surface area contributed by atoms with Crippen molar-refractivity contribution in [1.29, 1.82) is 0 Å². The summed E-state index contributed by atoms with van der Waals surface area (Å²) in [6, 6.07) is 2.10. The quantitative estimate of drug-likeness (QED) is 0.617. The highest BCUT2D eigenvalue weighted by Crippen LogP contribution is 2.32. The molecule has 1 fully saturated rings. The molecule has 0 spiro atoms. The van der Waals surface area contributed by atoms with Crippen LogP contribution in [0.1, 0.15) is 5.56 Å². The molecule has 1 aromatic rings. The van der Waals surface area contributed by atoms with Crippen molar-refractivity contribution in [2.24, 2.45) is 0 Å². The van der Waals surface area contributed by atoms with Gasteiger partial charge in [0.2, 0.25) is 6.41 Å². The Balaban J connectivity index is 2.05. The molecule has 0 aromatic heterocycles. The molecule has 0 radical (unpaired) electrons. The second-order valence-corrected chi connectivity index (χ2v) is 3.94. The molecule has 1 heterocycles. The van der Waals surface area contributed by atoms with E-state index in [1.54, 1.807) is 0 Å². The number of nitrogens with zero attached hydrogens (tertiary/aromatic N) is 1. The number of ether oxygens (including phenoxy) is 1. The molecule has 18 heavy (non-hydrogen) atoms. The van der Waals surface area contributed by atoms with Crippen LogP contribution in [0.2, 0.25) is 0 Å². The average Bonchev–Trinajstić information content (AvgIpc) is 2.23. The molecular weight excluding hydrogens is 254 g/mol. The van der Waals surface area contributed by atoms with Gasteiger partial charge in [-0.1, -0.05) is 0 Å². The number of hydrogen-bond acceptors (Lipinski definition) is 2. The lowest BCUT2D eigenvalue weighted by Crippen LogP contribution is -2.52. The standard InChI is InChI=1S/C11H9F4NO2/c12-9-3-7(11(13,14)15)1-2-10(9)18-8-4-16(5-8)6-17/h1-3,6,8H,4-5H2. The van der Waals surface area contributed by atoms with E-state index in [2.05, 4.69) is 0 Å². The van der Waals surface area contributed by atoms with Gasteiger partial charge in [0.05, 0.1) is 18.7 Å². The van der Waals surface area contributed by atoms with E-state index in [1.165, 1.54) is 4.90 Å². The predicted molar refractivity (Wildman–Crippen MR) is 53.5 cm³/mol. The first-order valence-corrected chi connectivity index (χ1v) is 5.13. The van der Waals surface area contributed by atoms with E-state index in [4.69, 9.17) is 4.74 Å². The van der Waals surface area contributed by atoms with E-state index >= 15 is 0 Å². The van der Waals surface area contributed by atoms with Gasteiger partial charge in [0.1, 0.15) is 6.10 Å². The monoisotopic (exact) mass is 263 g/mol. The molecule has 1 aliphatic heterocycles. The van der Waals surface area contributed by atoms with Gasteiger partial charge in [-0.2, -0.15) is 13.2 Å². The lowest BCUT2D eigenvalue weighted by atomic mass is 10.1. The van der Waals surface area contributed by atoms with Crippen molar-refractivity contribution in [3.63, 3.8) is 0 Å². The van der Waals surface area contributed by atoms with E-state index in [1.807, 2.05) is 0 Å². The third kappa shape index (κ3) is 2.55. The van der Waals surface area contributed by atoms with Crippen LogP contribution < -0.4 is 4.74 Å². The van der Waals surface area contributed by atoms with Crippen LogP contribution in [-0.2, 0) is 11.0 Å². The number of alkyl halides is 3. The number of benzene rings is 1. The summed E-state index contributed by atoms with van der Waals surface area (Å²) in [5, 5.41) is 0. The minimum Gasteiger partial charge on any atom is -0.484 e. The first-order chi connectivity index (χ1) is 8.40. The van der Waals surface area contributed by atoms with Gasteiger partial charge in [0.15, 0.2) is 11.6 Å². The number of hydrogen-bond donors (Lipinski definition) is 0. The van der Waals surface area contributed by atoms with Crippen molar-refractivity contribution in [2.75, 3.05) is 13.1 Å². The van der Waals surface area contributed by atoms with Gasteiger partial charge in [0.25, 0.3) is 0 Å². The van der Waals surface area contributed by atoms with Crippen molar-refractivity contribution in [2.45, 2.75) is 12.3 Å². The molecule has 0 unspecified atom stereocenters. The van der Waals surface area contributed by atoms with Crippen LogP contribution in [0.15, 0.2) is 18.2 Å². The zero-order chi connectivity index (χ0) is 13.3. The number of likely N-dealkylation sites (tertiary alicyclic amines) is 1. The van der Waals surface area contributed by atoms with E-state index in [9.17, 15) is 22.4 Å². The molecule has 0 N–H and O–H groups in total. The van der Waals surface area contributed by atoms with Crippen LogP contribution in [0.3, 0.4) is 0 Å². The molecule has 0 bridgehead atoms. The zero-order valence-corrected chi connectivity index (χ0v) is 9.08. The summed E-state index contributed by atoms with van der Waals surface area (Å²) in [6.07, 6.45) is -4.32. The zero-order valence-electron chi connectivity index (χ0n) is 9.08. The third-order valence-corrected chi connectivity index (χ3v) is 2.58. The number of carbonyl (C=O) groups excluding carboxylic acids is 1. The first-order valence-electron chi connectivity index (χ1n) is 5.13. The normalized spacial score (nSPS) is 16.3. The van der Waals surface area contributed by atoms with Crippen LogP contribution >= 0.6 is 0 Å². The summed E-state index contributed by atoms with van der Waals surface area (Å²) in [4.78, 5) is 11.7. The number of halogens is 4. The van der Waals surface area contributed by atoms with Crippen LogP contribution in [0.5, 0.6) is 5.75 Å². The van der Waals surface area contributed by atoms with Gasteiger partial charge in [-0.05, 0) is 18.2 Å². The minimum atomic E-state index is -4.58. The fourth-order valence-electron chi connectivity index (χ4n) is 1.58. The summed E-state index contributed by atoms with van der Waals surface area (Å²) in [5.41, 5.74) is -1.06. The second-order valence-electron chi connectivity index (χ2n) is 3.94. The molecule has 1 aliphatic rings. The molecule has 0 atom stereocenters. The Morgan fingerprint density at radius 3 is 2.50 bits per heavy atom. The fraction of sp³-hybridized carbons (Fsp3) is 0.364. The molecule has 1 aromatic carbocycles. The molecule has 3 nitrogen and oxygen atoms in total. The maximum absolute atomic E-state index is 13.4. The van der Waals surface area contributed by atoms with E-state index in [0.717, 1.165) is 12.1 Å². The fourth-order valence-corrected chi connectivity index (χ4v) is 1.58. The Morgan fingerprint density at radius 1 is 1.33 bits per heavy atom. The van der Waals surface area contributed by atoms with Crippen molar-refractivity contribution < 1.29 is 27.1 Å². The maximum Gasteiger partial charge on any atom is 0.416 e. The first kappa shape index (κ1) is 12.7. The van der Waals surface area contributed by atoms with Gasteiger partial charge in [0, 0.05) is 0 Å². The molecule has 1 amide bonds. The van der Waals surface area contributed by atoms with Gasteiger partial charge in [-0.15, -0.1) is 0 Å². The van der Waals surface area contributed by atoms with Crippen molar-refractivity contribution in [3.05, 3.63) is 29.6 Å². The van der Waals surface area contributed by atoms with Crippen molar-refractivity contribution >= 4 is 6.41 Å². The Bertz CT molecular complexity index is 455. The number of carbonyl (C=O) groups is 1. The molecule has 1 saturated heterocycles. The van der Waals surface area contributed by atoms with E-state index in [-0.39, 0.29) is 11.9 Å². The highest BCUT2D eigenvalue weighted by molar-refractivity contribution is 5.49. The summed E-state index contributed by atoms with van der Waals surface area (Å²) >= 11 is 0. The molecule has 0 saturated carbocycles. The van der Waals surface area contributed by atoms with Crippen LogP contribution in [-0.4, -0.2) is 30.5 Å². The molecule has 7 heteroatoms.